The fourth-order valence-corrected chi connectivity index (χ4v) is 1.22. The second-order valence-corrected chi connectivity index (χ2v) is 6.76. The second kappa shape index (κ2) is 7.53. The van der Waals surface area contributed by atoms with Crippen molar-refractivity contribution in [3.05, 3.63) is 35.4 Å². The zero-order valence-corrected chi connectivity index (χ0v) is 14.4. The number of hydrogen-bond donors (Lipinski definition) is 2. The zero-order chi connectivity index (χ0) is 17.8. The van der Waals surface area contributed by atoms with Gasteiger partial charge in [-0.3, -0.25) is 0 Å². The number of hydrogen-bond acceptors (Lipinski definition) is 3. The Bertz CT molecular complexity index is 463. The van der Waals surface area contributed by atoms with Crippen LogP contribution < -0.4 is 0 Å². The monoisotopic (exact) mass is 315 g/mol. The Hall–Kier alpha value is -0.975. The first-order chi connectivity index (χ1) is 9.67. The molecule has 0 atom stereocenters. The molecule has 0 aromatic carbocycles. The van der Waals surface area contributed by atoms with Gasteiger partial charge in [-0.05, 0) is 66.2 Å². The van der Waals surface area contributed by atoms with Gasteiger partial charge in [-0.1, -0.05) is 5.98 Å². The summed E-state index contributed by atoms with van der Waals surface area (Å²) in [6, 6.07) is 0. The first kappa shape index (κ1) is 21.0. The summed E-state index contributed by atoms with van der Waals surface area (Å²) in [6.07, 6.45) is 2.09. The predicted octanol–water partition coefficient (Wildman–Crippen LogP) is 3.55. The van der Waals surface area contributed by atoms with Gasteiger partial charge in [0.15, 0.2) is 0 Å². The van der Waals surface area contributed by atoms with Crippen LogP contribution in [-0.4, -0.2) is 34.5 Å². The summed E-state index contributed by atoms with van der Waals surface area (Å²) < 4.78 is 32.2. The molecule has 2 N–H and O–H groups in total. The molecule has 0 aliphatic heterocycles. The molecular formula is C16H26BF2O3. The van der Waals surface area contributed by atoms with Gasteiger partial charge in [0, 0.05) is 0 Å². The summed E-state index contributed by atoms with van der Waals surface area (Å²) in [7, 11) is 1.12. The van der Waals surface area contributed by atoms with Crippen molar-refractivity contribution in [2.24, 2.45) is 0 Å². The summed E-state index contributed by atoms with van der Waals surface area (Å²) in [4.78, 5) is 0. The van der Waals surface area contributed by atoms with Gasteiger partial charge < -0.3 is 14.9 Å². The molecule has 0 aromatic rings. The maximum Gasteiger partial charge on any atom is 0.326 e. The third kappa shape index (κ3) is 7.34. The minimum atomic E-state index is -1.38. The molecule has 0 rings (SSSR count). The van der Waals surface area contributed by atoms with E-state index < -0.39 is 28.5 Å². The van der Waals surface area contributed by atoms with E-state index in [0.29, 0.717) is 0 Å². The van der Waals surface area contributed by atoms with E-state index in [4.69, 9.17) is 4.65 Å². The molecule has 3 nitrogen and oxygen atoms in total. The third-order valence-corrected chi connectivity index (χ3v) is 3.42. The van der Waals surface area contributed by atoms with Gasteiger partial charge in [0.25, 0.3) is 0 Å². The van der Waals surface area contributed by atoms with Crippen LogP contribution in [0.3, 0.4) is 0 Å². The van der Waals surface area contributed by atoms with Gasteiger partial charge in [-0.2, -0.15) is 0 Å². The van der Waals surface area contributed by atoms with Gasteiger partial charge in [-0.15, -0.1) is 0 Å². The summed E-state index contributed by atoms with van der Waals surface area (Å²) in [5.41, 5.74) is -3.32. The van der Waals surface area contributed by atoms with Crippen LogP contribution in [0.4, 0.5) is 8.78 Å². The van der Waals surface area contributed by atoms with Crippen LogP contribution in [0.5, 0.6) is 0 Å². The topological polar surface area (TPSA) is 49.7 Å². The smallest absolute Gasteiger partial charge is 0.326 e. The highest BCUT2D eigenvalue weighted by atomic mass is 19.1. The number of rotatable bonds is 7. The van der Waals surface area contributed by atoms with Crippen molar-refractivity contribution in [3.8, 4) is 0 Å². The van der Waals surface area contributed by atoms with Crippen molar-refractivity contribution in [2.45, 2.75) is 65.3 Å². The van der Waals surface area contributed by atoms with Crippen molar-refractivity contribution >= 4 is 7.48 Å². The third-order valence-electron chi connectivity index (χ3n) is 3.42. The average molecular weight is 315 g/mol. The van der Waals surface area contributed by atoms with E-state index in [1.54, 1.807) is 27.7 Å². The molecule has 0 fully saturated rings. The lowest BCUT2D eigenvalue weighted by Crippen LogP contribution is -2.47. The van der Waals surface area contributed by atoms with E-state index in [-0.39, 0.29) is 5.57 Å². The Kier molecular flexibility index (Phi) is 7.20. The molecule has 0 amide bonds. The molecule has 0 aliphatic rings. The van der Waals surface area contributed by atoms with Crippen molar-refractivity contribution in [3.63, 3.8) is 0 Å². The van der Waals surface area contributed by atoms with Crippen molar-refractivity contribution in [1.29, 1.82) is 0 Å². The van der Waals surface area contributed by atoms with Crippen LogP contribution in [0.1, 0.15) is 48.5 Å². The molecular weight excluding hydrogens is 289 g/mol. The molecule has 0 saturated carbocycles. The van der Waals surface area contributed by atoms with E-state index in [1.165, 1.54) is 20.8 Å². The van der Waals surface area contributed by atoms with Crippen LogP contribution in [0, 0.1) is 0 Å². The Morgan fingerprint density at radius 3 is 1.86 bits per heavy atom. The largest absolute Gasteiger partial charge is 0.427 e. The number of allylic oxidation sites excluding steroid dienone is 3. The molecule has 0 aliphatic carbocycles. The molecule has 6 heteroatoms. The normalized spacial score (nSPS) is 16.0. The van der Waals surface area contributed by atoms with Crippen LogP contribution >= 0.6 is 0 Å². The molecule has 125 valence electrons. The summed E-state index contributed by atoms with van der Waals surface area (Å²) in [6.45, 7) is 10.6. The van der Waals surface area contributed by atoms with Crippen molar-refractivity contribution in [1.82, 2.24) is 0 Å². The predicted molar refractivity (Wildman–Crippen MR) is 85.7 cm³/mol. The number of aliphatic hydroxyl groups is 2. The Morgan fingerprint density at radius 2 is 1.50 bits per heavy atom. The Balaban J connectivity index is 5.07. The lowest BCUT2D eigenvalue weighted by atomic mass is 9.86. The standard InChI is InChI=1S/C16H26BF2O3/c1-11(18)8-12(14(2,3)20)9-13(19)10-17-22-16(6,7)15(4,5)21/h8-10,20-21H,1-7H3/b11-8+,12-9+,13-10-. The minimum Gasteiger partial charge on any atom is -0.427 e. The van der Waals surface area contributed by atoms with E-state index in [0.717, 1.165) is 25.6 Å². The highest BCUT2D eigenvalue weighted by molar-refractivity contribution is 6.34. The lowest BCUT2D eigenvalue weighted by Gasteiger charge is -2.37. The summed E-state index contributed by atoms with van der Waals surface area (Å²) >= 11 is 0. The number of halogens is 2. The highest BCUT2D eigenvalue weighted by Gasteiger charge is 2.35. The molecule has 0 bridgehead atoms. The zero-order valence-electron chi connectivity index (χ0n) is 14.4. The van der Waals surface area contributed by atoms with Gasteiger partial charge in [-0.25, -0.2) is 8.78 Å². The minimum absolute atomic E-state index is 0.0939. The van der Waals surface area contributed by atoms with Crippen LogP contribution in [0.15, 0.2) is 35.4 Å². The Morgan fingerprint density at radius 1 is 1.00 bits per heavy atom. The van der Waals surface area contributed by atoms with E-state index in [2.05, 4.69) is 0 Å². The molecule has 0 saturated heterocycles. The lowest BCUT2D eigenvalue weighted by molar-refractivity contribution is -0.0894. The first-order valence-electron chi connectivity index (χ1n) is 7.04. The first-order valence-corrected chi connectivity index (χ1v) is 7.04. The molecule has 0 spiro atoms. The molecule has 0 aromatic heterocycles. The second-order valence-electron chi connectivity index (χ2n) is 6.76. The van der Waals surface area contributed by atoms with E-state index >= 15 is 0 Å². The van der Waals surface area contributed by atoms with Crippen LogP contribution in [0.2, 0.25) is 0 Å². The quantitative estimate of drug-likeness (QED) is 0.558. The molecule has 1 radical (unpaired) electrons. The molecule has 0 unspecified atom stereocenters. The summed E-state index contributed by atoms with van der Waals surface area (Å²) in [5.74, 6) is -0.202. The maximum absolute atomic E-state index is 13.9. The van der Waals surface area contributed by atoms with E-state index in [9.17, 15) is 19.0 Å². The molecule has 22 heavy (non-hydrogen) atoms. The molecule has 0 heterocycles. The van der Waals surface area contributed by atoms with Crippen LogP contribution in [-0.2, 0) is 4.65 Å². The van der Waals surface area contributed by atoms with Crippen molar-refractivity contribution in [2.75, 3.05) is 0 Å². The van der Waals surface area contributed by atoms with Gasteiger partial charge >= 0.3 is 7.48 Å². The SMILES string of the molecule is C\C(F)=C/C(=C\C(F)=C\[B]OC(C)(C)C(C)(C)O)C(C)(C)O. The fraction of sp³-hybridized carbons (Fsp3) is 0.625. The van der Waals surface area contributed by atoms with Gasteiger partial charge in [0.1, 0.15) is 5.83 Å². The van der Waals surface area contributed by atoms with Crippen LogP contribution in [0.25, 0.3) is 0 Å². The average Bonchev–Trinajstić information content (AvgIpc) is 2.24. The van der Waals surface area contributed by atoms with E-state index in [1.807, 2.05) is 0 Å². The van der Waals surface area contributed by atoms with Gasteiger partial charge in [0.2, 0.25) is 0 Å². The van der Waals surface area contributed by atoms with Gasteiger partial charge in [0.05, 0.1) is 22.6 Å². The highest BCUT2D eigenvalue weighted by Crippen LogP contribution is 2.25. The maximum atomic E-state index is 13.9. The Labute approximate surface area is 132 Å². The van der Waals surface area contributed by atoms with Crippen molar-refractivity contribution < 1.29 is 23.6 Å². The fourth-order valence-electron chi connectivity index (χ4n) is 1.22. The summed E-state index contributed by atoms with van der Waals surface area (Å²) in [5, 5.41) is 19.8.